The summed E-state index contributed by atoms with van der Waals surface area (Å²) in [5.41, 5.74) is 27.1. The van der Waals surface area contributed by atoms with Gasteiger partial charge in [-0.2, -0.15) is 0 Å². The largest absolute Gasteiger partial charge is 0.455 e. The molecule has 0 unspecified atom stereocenters. The van der Waals surface area contributed by atoms with Crippen molar-refractivity contribution in [3.63, 3.8) is 0 Å². The standard InChI is InChI=1S/2C54H34N2O/c1-3-15-36(16-4-1)49-34-50(56-54(55-49)37-17-5-2-6-18-37)43-23-12-21-40(32-43)39-20-11-22-41(31-39)44-26-13-27-51-52(44)48-33-47(45-24-9-10-25-46(45)53(48)57-51)42-29-28-35-14-7-8-19-38(35)30-42;1-3-13-35(14-4-1)41-19-11-20-43(32-41)50-34-49(55-54(56-50)39-16-5-2-6-17-39)38-28-26-37(27-29-38)44-23-12-24-51-52(44)48-33-47(45-21-9-10-22-46(45)53(48)57-51)42-30-25-36-15-7-8-18-40(36)31-42/h2*1-34H. The number of hydrogen-bond acceptors (Lipinski definition) is 6. The smallest absolute Gasteiger partial charge is 0.160 e. The highest BCUT2D eigenvalue weighted by Gasteiger charge is 2.23. The van der Waals surface area contributed by atoms with E-state index >= 15 is 0 Å². The van der Waals surface area contributed by atoms with Crippen LogP contribution in [0.3, 0.4) is 0 Å². The number of furan rings is 2. The molecule has 0 aliphatic carbocycles. The molecule has 0 saturated heterocycles. The van der Waals surface area contributed by atoms with E-state index in [0.29, 0.717) is 11.6 Å². The molecule has 0 amide bonds. The van der Waals surface area contributed by atoms with E-state index in [1.807, 2.05) is 60.7 Å². The van der Waals surface area contributed by atoms with E-state index in [2.05, 4.69) is 352 Å². The third kappa shape index (κ3) is 12.5. The van der Waals surface area contributed by atoms with Gasteiger partial charge in [-0.3, -0.25) is 0 Å². The molecule has 0 radical (unpaired) electrons. The Balaban J connectivity index is 0.000000143. The summed E-state index contributed by atoms with van der Waals surface area (Å²) in [6.07, 6.45) is 0. The van der Waals surface area contributed by atoms with Crippen LogP contribution in [0.5, 0.6) is 0 Å². The zero-order chi connectivity index (χ0) is 75.4. The van der Waals surface area contributed by atoms with E-state index < -0.39 is 0 Å². The molecule has 0 atom stereocenters. The quantitative estimate of drug-likeness (QED) is 0.121. The first-order valence-electron chi connectivity index (χ1n) is 38.6. The van der Waals surface area contributed by atoms with Crippen LogP contribution < -0.4 is 0 Å². The van der Waals surface area contributed by atoms with Crippen LogP contribution in [0.2, 0.25) is 0 Å². The fourth-order valence-electron chi connectivity index (χ4n) is 16.5. The summed E-state index contributed by atoms with van der Waals surface area (Å²) in [5, 5.41) is 14.0. The molecule has 22 rings (SSSR count). The Morgan fingerprint density at radius 1 is 0.158 bits per heavy atom. The van der Waals surface area contributed by atoms with E-state index in [4.69, 9.17) is 28.8 Å². The summed E-state index contributed by atoms with van der Waals surface area (Å²) in [5.74, 6) is 1.40. The highest BCUT2D eigenvalue weighted by molar-refractivity contribution is 6.24. The highest BCUT2D eigenvalue weighted by atomic mass is 16.3. The number of nitrogens with zero attached hydrogens (tertiary/aromatic N) is 4. The number of aromatic nitrogens is 4. The van der Waals surface area contributed by atoms with Crippen molar-refractivity contribution >= 4 is 87.0 Å². The summed E-state index contributed by atoms with van der Waals surface area (Å²) in [6.45, 7) is 0. The molecule has 18 aromatic carbocycles. The molecular weight excluding hydrogens is 1390 g/mol. The van der Waals surface area contributed by atoms with Crippen LogP contribution in [0.4, 0.5) is 0 Å². The monoisotopic (exact) mass is 1450 g/mol. The molecule has 0 N–H and O–H groups in total. The molecule has 6 nitrogen and oxygen atoms in total. The predicted molar refractivity (Wildman–Crippen MR) is 474 cm³/mol. The molecule has 4 heterocycles. The van der Waals surface area contributed by atoms with Gasteiger partial charge in [0.15, 0.2) is 11.6 Å². The molecule has 0 fully saturated rings. The lowest BCUT2D eigenvalue weighted by Crippen LogP contribution is -1.96. The Kier molecular flexibility index (Phi) is 16.8. The Hall–Kier alpha value is -15.2. The predicted octanol–water partition coefficient (Wildman–Crippen LogP) is 29.4. The van der Waals surface area contributed by atoms with Crippen molar-refractivity contribution in [3.05, 3.63) is 413 Å². The van der Waals surface area contributed by atoms with Crippen LogP contribution >= 0.6 is 0 Å². The van der Waals surface area contributed by atoms with Crippen molar-refractivity contribution in [1.29, 1.82) is 0 Å². The molecular formula is C108H68N4O2. The number of benzene rings is 18. The third-order valence-electron chi connectivity index (χ3n) is 22.1. The zero-order valence-corrected chi connectivity index (χ0v) is 61.9. The van der Waals surface area contributed by atoms with Gasteiger partial charge in [0.05, 0.1) is 22.8 Å². The average Bonchev–Trinajstić information content (AvgIpc) is 1.56. The summed E-state index contributed by atoms with van der Waals surface area (Å²) in [4.78, 5) is 20.3. The number of hydrogen-bond donors (Lipinski definition) is 0. The first kappa shape index (κ1) is 66.9. The fraction of sp³-hybridized carbons (Fsp3) is 0. The van der Waals surface area contributed by atoms with E-state index in [1.54, 1.807) is 0 Å². The molecule has 0 spiro atoms. The maximum Gasteiger partial charge on any atom is 0.160 e. The normalized spacial score (nSPS) is 11.5. The van der Waals surface area contributed by atoms with Crippen LogP contribution in [0.1, 0.15) is 0 Å². The van der Waals surface area contributed by atoms with Crippen molar-refractivity contribution in [1.82, 2.24) is 19.9 Å². The van der Waals surface area contributed by atoms with Gasteiger partial charge in [0.2, 0.25) is 0 Å². The van der Waals surface area contributed by atoms with Crippen molar-refractivity contribution in [2.75, 3.05) is 0 Å². The molecule has 4 aromatic heterocycles. The minimum Gasteiger partial charge on any atom is -0.455 e. The van der Waals surface area contributed by atoms with Gasteiger partial charge in [-0.1, -0.05) is 346 Å². The first-order chi connectivity index (χ1) is 56.5. The molecule has 532 valence electrons. The van der Waals surface area contributed by atoms with Crippen molar-refractivity contribution in [2.24, 2.45) is 0 Å². The molecule has 6 heteroatoms. The van der Waals surface area contributed by atoms with E-state index in [-0.39, 0.29) is 0 Å². The number of fused-ring (bicyclic) bond motifs is 12. The second-order valence-electron chi connectivity index (χ2n) is 29.1. The Morgan fingerprint density at radius 3 is 0.930 bits per heavy atom. The Bertz CT molecular complexity index is 7400. The lowest BCUT2D eigenvalue weighted by atomic mass is 9.92. The van der Waals surface area contributed by atoms with Gasteiger partial charge in [0, 0.05) is 65.7 Å². The van der Waals surface area contributed by atoms with Gasteiger partial charge in [0.25, 0.3) is 0 Å². The average molecular weight is 1450 g/mol. The lowest BCUT2D eigenvalue weighted by Gasteiger charge is -2.12. The van der Waals surface area contributed by atoms with Gasteiger partial charge in [0.1, 0.15) is 22.3 Å². The highest BCUT2D eigenvalue weighted by Crippen LogP contribution is 2.47. The SMILES string of the molecule is c1ccc(-c2cc(-c3cccc(-c4cccc(-c5cccc6oc7c8ccccc8c(-c8ccc9ccccc9c8)cc7c56)c4)c3)nc(-c3ccccc3)n2)cc1.c1ccc(-c2cccc(-c3cc(-c4ccc(-c5cccc6oc7c8ccccc8c(-c8ccc9ccccc9c8)cc7c56)cc4)nc(-c4ccccc4)n3)c2)cc1. The van der Waals surface area contributed by atoms with E-state index in [0.717, 1.165) is 150 Å². The van der Waals surface area contributed by atoms with Gasteiger partial charge < -0.3 is 8.83 Å². The van der Waals surface area contributed by atoms with Crippen molar-refractivity contribution < 1.29 is 8.83 Å². The van der Waals surface area contributed by atoms with Gasteiger partial charge in [-0.15, -0.1) is 0 Å². The molecule has 0 saturated carbocycles. The molecule has 0 aliphatic heterocycles. The van der Waals surface area contributed by atoms with Crippen LogP contribution in [0.15, 0.2) is 421 Å². The van der Waals surface area contributed by atoms with Crippen LogP contribution in [0.25, 0.3) is 222 Å². The maximum atomic E-state index is 6.74. The van der Waals surface area contributed by atoms with Crippen molar-refractivity contribution in [3.8, 4) is 135 Å². The first-order valence-corrected chi connectivity index (χ1v) is 38.6. The minimum absolute atomic E-state index is 0.696. The van der Waals surface area contributed by atoms with Gasteiger partial charge in [-0.25, -0.2) is 19.9 Å². The second-order valence-corrected chi connectivity index (χ2v) is 29.1. The summed E-state index contributed by atoms with van der Waals surface area (Å²) in [6, 6.07) is 145. The summed E-state index contributed by atoms with van der Waals surface area (Å²) < 4.78 is 13.5. The van der Waals surface area contributed by atoms with Crippen LogP contribution in [-0.2, 0) is 0 Å². The van der Waals surface area contributed by atoms with Gasteiger partial charge >= 0.3 is 0 Å². The van der Waals surface area contributed by atoms with Crippen molar-refractivity contribution in [2.45, 2.75) is 0 Å². The maximum absolute atomic E-state index is 6.74. The molecule has 0 aliphatic rings. The Labute approximate surface area is 658 Å². The molecule has 114 heavy (non-hydrogen) atoms. The Morgan fingerprint density at radius 2 is 0.465 bits per heavy atom. The lowest BCUT2D eigenvalue weighted by molar-refractivity contribution is 0.672. The van der Waals surface area contributed by atoms with Crippen LogP contribution in [-0.4, -0.2) is 19.9 Å². The topological polar surface area (TPSA) is 77.8 Å². The second kappa shape index (κ2) is 28.6. The van der Waals surface area contributed by atoms with E-state index in [9.17, 15) is 0 Å². The molecule has 22 aromatic rings. The molecule has 0 bridgehead atoms. The van der Waals surface area contributed by atoms with Gasteiger partial charge in [-0.05, 0) is 166 Å². The number of rotatable bonds is 12. The summed E-state index contributed by atoms with van der Waals surface area (Å²) in [7, 11) is 0. The fourth-order valence-corrected chi connectivity index (χ4v) is 16.5. The minimum atomic E-state index is 0.696. The summed E-state index contributed by atoms with van der Waals surface area (Å²) >= 11 is 0. The van der Waals surface area contributed by atoms with Crippen LogP contribution in [0, 0.1) is 0 Å². The zero-order valence-electron chi connectivity index (χ0n) is 61.9. The van der Waals surface area contributed by atoms with E-state index in [1.165, 1.54) is 60.1 Å². The third-order valence-corrected chi connectivity index (χ3v) is 22.1.